The van der Waals surface area contributed by atoms with Gasteiger partial charge in [0.25, 0.3) is 6.71 Å². The van der Waals surface area contributed by atoms with Crippen LogP contribution >= 0.6 is 45.3 Å². The van der Waals surface area contributed by atoms with Crippen molar-refractivity contribution in [3.05, 3.63) is 309 Å². The zero-order valence-corrected chi connectivity index (χ0v) is 56.7. The van der Waals surface area contributed by atoms with Gasteiger partial charge in [-0.15, -0.1) is 45.3 Å². The zero-order chi connectivity index (χ0) is 75.8. The van der Waals surface area contributed by atoms with Gasteiger partial charge in [-0.3, -0.25) is 0 Å². The smallest absolute Gasteiger partial charge is 0.252 e. The van der Waals surface area contributed by atoms with Crippen LogP contribution in [0.4, 0.5) is 34.1 Å². The van der Waals surface area contributed by atoms with Gasteiger partial charge in [-0.05, 0) is 110 Å². The van der Waals surface area contributed by atoms with Crippen molar-refractivity contribution in [3.8, 4) is 55.9 Å². The number of fused-ring (bicyclic) bond motifs is 18. The van der Waals surface area contributed by atoms with Crippen LogP contribution < -0.4 is 26.2 Å². The van der Waals surface area contributed by atoms with E-state index in [-0.39, 0.29) is 140 Å². The summed E-state index contributed by atoms with van der Waals surface area (Å²) in [6.07, 6.45) is 0. The lowest BCUT2D eigenvalue weighted by molar-refractivity contribution is 0.590. The predicted octanol–water partition coefficient (Wildman–Crippen LogP) is 24.8. The van der Waals surface area contributed by atoms with Gasteiger partial charge in [0.2, 0.25) is 0 Å². The average molecular weight is 1350 g/mol. The molecule has 21 rings (SSSR count). The van der Waals surface area contributed by atoms with E-state index >= 15 is 0 Å². The summed E-state index contributed by atoms with van der Waals surface area (Å²) in [5.74, 6) is 0. The number of rotatable bonds is 8. The highest BCUT2D eigenvalue weighted by Crippen LogP contribution is 2.56. The molecule has 13 aromatic carbocycles. The van der Waals surface area contributed by atoms with E-state index in [9.17, 15) is 16.4 Å². The third kappa shape index (κ3) is 8.43. The molecule has 0 unspecified atom stereocenters. The molecule has 0 aliphatic carbocycles. The van der Waals surface area contributed by atoms with Crippen molar-refractivity contribution < 1.29 is 16.4 Å². The Morgan fingerprint density at radius 2 is 0.697 bits per heavy atom. The van der Waals surface area contributed by atoms with Crippen molar-refractivity contribution in [2.75, 3.05) is 9.80 Å². The fourth-order valence-electron chi connectivity index (χ4n) is 15.4. The topological polar surface area (TPSA) is 16.3 Å². The van der Waals surface area contributed by atoms with Gasteiger partial charge in [0.15, 0.2) is 0 Å². The van der Waals surface area contributed by atoms with Crippen molar-refractivity contribution in [3.63, 3.8) is 0 Å². The van der Waals surface area contributed by atoms with E-state index in [4.69, 9.17) is 0 Å². The largest absolute Gasteiger partial charge is 0.310 e. The van der Waals surface area contributed by atoms with Crippen molar-refractivity contribution >= 4 is 184 Å². The molecular weight excluding hydrogens is 1280 g/mol. The molecule has 0 saturated heterocycles. The molecule has 2 aliphatic rings. The number of para-hydroxylation sites is 4. The lowest BCUT2D eigenvalue weighted by Gasteiger charge is -2.46. The first-order valence-electron chi connectivity index (χ1n) is 39.0. The van der Waals surface area contributed by atoms with E-state index in [2.05, 4.69) is 69.3 Å². The summed E-state index contributed by atoms with van der Waals surface area (Å²) >= 11 is 6.56. The standard InChI is InChI=1S/C90H59BN4S4/c1-90(2,3)58-50-75-79-76(51-58)95(81-63(56-30-12-6-13-31-56)40-25-41-64(81)57-32-14-7-15-33-57)74-53-60(93-72-43-21-17-35-66(72)85-83(93)89-87(99-85)68-37-19-23-45-78(68)97-89)47-49-70(74)91(79)69-48-46-59(92-71-42-20-16-34-65(71)84-82(92)88-86(98-84)67-36-18-22-44-77(67)96-88)52-73(69)94(75)80-61(54-26-8-4-9-27-54)38-24-39-62(80)55-28-10-5-11-29-55/h4-53H,1-3H3/i24D,25D,38D,39D,40D,41D,46D,47D,48D,49D,52D,53D. The molecule has 0 saturated carbocycles. The van der Waals surface area contributed by atoms with Gasteiger partial charge >= 0.3 is 0 Å². The Labute approximate surface area is 606 Å². The van der Waals surface area contributed by atoms with Crippen LogP contribution in [0.1, 0.15) is 42.8 Å². The molecule has 9 heteroatoms. The lowest BCUT2D eigenvalue weighted by Crippen LogP contribution is -2.61. The summed E-state index contributed by atoms with van der Waals surface area (Å²) in [5, 5.41) is 3.92. The van der Waals surface area contributed by atoms with E-state index in [0.717, 1.165) is 70.2 Å². The minimum atomic E-state index is -1.39. The Morgan fingerprint density at radius 3 is 1.08 bits per heavy atom. The van der Waals surface area contributed by atoms with Crippen molar-refractivity contribution in [1.82, 2.24) is 9.13 Å². The van der Waals surface area contributed by atoms with Crippen molar-refractivity contribution in [2.24, 2.45) is 0 Å². The Bertz CT molecular complexity index is 6750. The van der Waals surface area contributed by atoms with Crippen LogP contribution in [-0.2, 0) is 5.41 Å². The maximum absolute atomic E-state index is 11.8. The van der Waals surface area contributed by atoms with Crippen LogP contribution in [0.15, 0.2) is 303 Å². The molecule has 8 heterocycles. The van der Waals surface area contributed by atoms with Gasteiger partial charge in [0.1, 0.15) is 0 Å². The first kappa shape index (κ1) is 46.2. The second-order valence-electron chi connectivity index (χ2n) is 26.4. The van der Waals surface area contributed by atoms with Gasteiger partial charge in [-0.25, -0.2) is 0 Å². The van der Waals surface area contributed by atoms with Gasteiger partial charge in [0, 0.05) is 87.3 Å². The molecular formula is C90H59BN4S4. The molecule has 0 fully saturated rings. The lowest BCUT2D eigenvalue weighted by atomic mass is 9.33. The molecule has 0 radical (unpaired) electrons. The van der Waals surface area contributed by atoms with Gasteiger partial charge in [0.05, 0.1) is 78.1 Å². The van der Waals surface area contributed by atoms with Crippen molar-refractivity contribution in [1.29, 1.82) is 0 Å². The molecule has 0 spiro atoms. The van der Waals surface area contributed by atoms with Gasteiger partial charge in [-0.1, -0.05) is 263 Å². The number of anilines is 6. The van der Waals surface area contributed by atoms with E-state index in [1.165, 1.54) is 0 Å². The highest BCUT2D eigenvalue weighted by molar-refractivity contribution is 7.37. The first-order chi connectivity index (χ1) is 53.8. The van der Waals surface area contributed by atoms with Gasteiger partial charge < -0.3 is 18.9 Å². The number of benzene rings is 13. The van der Waals surface area contributed by atoms with Crippen LogP contribution in [0.5, 0.6) is 0 Å². The molecule has 0 amide bonds. The summed E-state index contributed by atoms with van der Waals surface area (Å²) in [5.41, 5.74) is 7.97. The SMILES string of the molecule is [2H]c1c([2H])c(-c2ccccc2)c(N2c3cc(C(C)(C)C)cc4c3B(c3c([2H])c([2H])c(-n5c6ccccc6c6sc7c8ccccc8sc7c65)c([2H])c32)c2c([2H])c([2H])c(-n3c5ccccc5c5sc6c7ccccc7sc6c53)c([2H])c2N4c2c(-c3ccccc3)c([2H])c([2H])c([2H])c2-c2ccccc2)c(-c2ccccc2)c1[2H]. The summed E-state index contributed by atoms with van der Waals surface area (Å²) in [6, 6.07) is 70.4. The van der Waals surface area contributed by atoms with E-state index in [1.54, 1.807) is 45.3 Å². The Hall–Kier alpha value is -11.0. The fourth-order valence-corrected chi connectivity index (χ4v) is 21.0. The molecule has 6 aromatic heterocycles. The van der Waals surface area contributed by atoms with E-state index in [0.29, 0.717) is 55.7 Å². The second kappa shape index (κ2) is 21.7. The minimum Gasteiger partial charge on any atom is -0.310 e. The molecule has 4 nitrogen and oxygen atoms in total. The Kier molecular flexibility index (Phi) is 10.1. The normalized spacial score (nSPS) is 14.6. The fraction of sp³-hybridized carbons (Fsp3) is 0.0444. The molecule has 19 aromatic rings. The molecule has 0 bridgehead atoms. The van der Waals surface area contributed by atoms with Crippen LogP contribution in [0, 0.1) is 0 Å². The summed E-state index contributed by atoms with van der Waals surface area (Å²) in [4.78, 5) is 3.81. The number of nitrogens with zero attached hydrogens (tertiary/aromatic N) is 4. The molecule has 2 aliphatic heterocycles. The average Bonchev–Trinajstić information content (AvgIpc) is 1.10. The van der Waals surface area contributed by atoms with Crippen molar-refractivity contribution in [2.45, 2.75) is 26.2 Å². The highest BCUT2D eigenvalue weighted by atomic mass is 32.1. The quantitative estimate of drug-likeness (QED) is 0.141. The monoisotopic (exact) mass is 1350 g/mol. The third-order valence-corrected chi connectivity index (χ3v) is 25.0. The number of hydrogen-bond donors (Lipinski definition) is 0. The minimum absolute atomic E-state index is 0.0781. The summed E-state index contributed by atoms with van der Waals surface area (Å²) < 4.78 is 142. The predicted molar refractivity (Wildman–Crippen MR) is 431 cm³/mol. The molecule has 0 atom stereocenters. The van der Waals surface area contributed by atoms with E-state index < -0.39 is 12.1 Å². The molecule has 99 heavy (non-hydrogen) atoms. The number of thiophene rings is 4. The van der Waals surface area contributed by atoms with Crippen LogP contribution in [0.3, 0.4) is 0 Å². The Morgan fingerprint density at radius 1 is 0.343 bits per heavy atom. The van der Waals surface area contributed by atoms with Crippen LogP contribution in [0.2, 0.25) is 0 Å². The third-order valence-electron chi connectivity index (χ3n) is 19.8. The zero-order valence-electron chi connectivity index (χ0n) is 65.4. The highest BCUT2D eigenvalue weighted by Gasteiger charge is 2.46. The summed E-state index contributed by atoms with van der Waals surface area (Å²) in [7, 11) is 0. The first-order valence-corrected chi connectivity index (χ1v) is 36.3. The van der Waals surface area contributed by atoms with Gasteiger partial charge in [-0.2, -0.15) is 0 Å². The number of hydrogen-bond acceptors (Lipinski definition) is 6. The number of aromatic nitrogens is 2. The Balaban J connectivity index is 1.01. The van der Waals surface area contributed by atoms with Crippen LogP contribution in [0.25, 0.3) is 137 Å². The maximum atomic E-state index is 11.8. The summed E-state index contributed by atoms with van der Waals surface area (Å²) in [6.45, 7) is 4.89. The van der Waals surface area contributed by atoms with Crippen LogP contribution in [-0.4, -0.2) is 15.8 Å². The maximum Gasteiger partial charge on any atom is 0.252 e. The second-order valence-corrected chi connectivity index (χ2v) is 30.6. The molecule has 0 N–H and O–H groups in total. The van der Waals surface area contributed by atoms with E-state index in [1.807, 2.05) is 201 Å². The molecule has 466 valence electrons.